The van der Waals surface area contributed by atoms with Gasteiger partial charge in [0, 0.05) is 12.1 Å². The second kappa shape index (κ2) is 6.47. The Hall–Kier alpha value is -2.11. The third-order valence-electron chi connectivity index (χ3n) is 2.19. The molecular weight excluding hydrogens is 224 g/mol. The van der Waals surface area contributed by atoms with Gasteiger partial charge in [-0.2, -0.15) is 0 Å². The van der Waals surface area contributed by atoms with E-state index in [4.69, 9.17) is 4.74 Å². The van der Waals surface area contributed by atoms with Crippen molar-refractivity contribution in [2.24, 2.45) is 0 Å². The zero-order valence-corrected chi connectivity index (χ0v) is 9.51. The zero-order chi connectivity index (χ0) is 12.7. The number of amides is 1. The van der Waals surface area contributed by atoms with Crippen LogP contribution in [0, 0.1) is 17.0 Å². The van der Waals surface area contributed by atoms with Gasteiger partial charge in [0.05, 0.1) is 11.5 Å². The summed E-state index contributed by atoms with van der Waals surface area (Å²) >= 11 is 0. The number of nitrogens with one attached hydrogen (secondary N) is 1. The molecule has 6 heteroatoms. The van der Waals surface area contributed by atoms with E-state index < -0.39 is 4.92 Å². The summed E-state index contributed by atoms with van der Waals surface area (Å²) in [5.41, 5.74) is 0.564. The molecular formula is C11H14N2O4. The largest absolute Gasteiger partial charge is 0.487 e. The fraction of sp³-hybridized carbons (Fsp3) is 0.364. The number of hydrogen-bond acceptors (Lipinski definition) is 4. The predicted octanol–water partition coefficient (Wildman–Crippen LogP) is 1.42. The highest BCUT2D eigenvalue weighted by Crippen LogP contribution is 2.29. The fourth-order valence-corrected chi connectivity index (χ4v) is 1.40. The van der Waals surface area contributed by atoms with Crippen molar-refractivity contribution in [1.82, 2.24) is 5.32 Å². The summed E-state index contributed by atoms with van der Waals surface area (Å²) in [7, 11) is 0. The van der Waals surface area contributed by atoms with E-state index in [1.165, 1.54) is 0 Å². The molecule has 17 heavy (non-hydrogen) atoms. The average molecular weight is 238 g/mol. The lowest BCUT2D eigenvalue weighted by atomic mass is 10.2. The molecule has 1 aromatic rings. The number of rotatable bonds is 7. The van der Waals surface area contributed by atoms with Crippen LogP contribution in [-0.4, -0.2) is 24.5 Å². The number of aryl methyl sites for hydroxylation is 1. The number of nitrogens with zero attached hydrogens (tertiary/aromatic N) is 1. The molecule has 0 aliphatic rings. The Morgan fingerprint density at radius 2 is 2.29 bits per heavy atom. The van der Waals surface area contributed by atoms with Crippen molar-refractivity contribution in [1.29, 1.82) is 0 Å². The normalized spacial score (nSPS) is 9.71. The van der Waals surface area contributed by atoms with Crippen molar-refractivity contribution in [3.8, 4) is 5.75 Å². The maximum atomic E-state index is 10.8. The minimum absolute atomic E-state index is 0.00385. The molecule has 0 heterocycles. The van der Waals surface area contributed by atoms with Crippen LogP contribution in [0.1, 0.15) is 12.0 Å². The van der Waals surface area contributed by atoms with Crippen molar-refractivity contribution in [2.75, 3.05) is 13.2 Å². The Morgan fingerprint density at radius 3 is 2.94 bits per heavy atom. The summed E-state index contributed by atoms with van der Waals surface area (Å²) in [6.45, 7) is 2.48. The molecule has 0 bridgehead atoms. The molecule has 6 nitrogen and oxygen atoms in total. The minimum Gasteiger partial charge on any atom is -0.487 e. The van der Waals surface area contributed by atoms with Gasteiger partial charge in [-0.05, 0) is 19.4 Å². The van der Waals surface area contributed by atoms with Crippen molar-refractivity contribution < 1.29 is 14.5 Å². The molecule has 0 saturated heterocycles. The third kappa shape index (κ3) is 3.75. The van der Waals surface area contributed by atoms with Crippen LogP contribution in [0.3, 0.4) is 0 Å². The number of benzene rings is 1. The van der Waals surface area contributed by atoms with Crippen LogP contribution >= 0.6 is 0 Å². The molecule has 0 atom stereocenters. The Balaban J connectivity index is 2.61. The zero-order valence-electron chi connectivity index (χ0n) is 9.51. The fourth-order valence-electron chi connectivity index (χ4n) is 1.40. The van der Waals surface area contributed by atoms with Crippen LogP contribution in [0.25, 0.3) is 0 Å². The lowest BCUT2D eigenvalue weighted by Crippen LogP contribution is -2.15. The van der Waals surface area contributed by atoms with Gasteiger partial charge in [-0.15, -0.1) is 0 Å². The average Bonchev–Trinajstić information content (AvgIpc) is 2.28. The van der Waals surface area contributed by atoms with Gasteiger partial charge in [-0.3, -0.25) is 14.9 Å². The van der Waals surface area contributed by atoms with Crippen molar-refractivity contribution in [3.05, 3.63) is 33.9 Å². The second-order valence-corrected chi connectivity index (χ2v) is 3.45. The van der Waals surface area contributed by atoms with E-state index in [-0.39, 0.29) is 11.4 Å². The topological polar surface area (TPSA) is 81.5 Å². The molecule has 0 spiro atoms. The number of nitro benzene ring substituents is 1. The molecule has 0 aliphatic carbocycles. The maximum Gasteiger partial charge on any atom is 0.313 e. The van der Waals surface area contributed by atoms with Crippen molar-refractivity contribution >= 4 is 12.1 Å². The molecule has 0 aliphatic heterocycles. The Morgan fingerprint density at radius 1 is 1.53 bits per heavy atom. The van der Waals surface area contributed by atoms with Crippen LogP contribution in [-0.2, 0) is 4.79 Å². The summed E-state index contributed by atoms with van der Waals surface area (Å²) < 4.78 is 5.33. The van der Waals surface area contributed by atoms with E-state index in [1.54, 1.807) is 25.1 Å². The number of carbonyl (C=O) groups excluding carboxylic acids is 1. The number of carbonyl (C=O) groups is 1. The Kier molecular flexibility index (Phi) is 4.93. The van der Waals surface area contributed by atoms with E-state index in [9.17, 15) is 14.9 Å². The molecule has 0 fully saturated rings. The van der Waals surface area contributed by atoms with E-state index >= 15 is 0 Å². The first-order valence-corrected chi connectivity index (χ1v) is 5.20. The highest BCUT2D eigenvalue weighted by atomic mass is 16.6. The number of para-hydroxylation sites is 1. The third-order valence-corrected chi connectivity index (χ3v) is 2.19. The van der Waals surface area contributed by atoms with Gasteiger partial charge in [-0.25, -0.2) is 0 Å². The highest BCUT2D eigenvalue weighted by molar-refractivity contribution is 5.52. The molecule has 92 valence electrons. The Bertz CT molecular complexity index is 406. The van der Waals surface area contributed by atoms with Crippen LogP contribution in [0.4, 0.5) is 5.69 Å². The van der Waals surface area contributed by atoms with Crippen LogP contribution in [0.5, 0.6) is 5.75 Å². The molecule has 1 aromatic carbocycles. The smallest absolute Gasteiger partial charge is 0.313 e. The molecule has 0 radical (unpaired) electrons. The van der Waals surface area contributed by atoms with Gasteiger partial charge in [-0.1, -0.05) is 12.1 Å². The summed E-state index contributed by atoms with van der Waals surface area (Å²) in [6.07, 6.45) is 1.21. The summed E-state index contributed by atoms with van der Waals surface area (Å²) in [5.74, 6) is 0.265. The first-order valence-electron chi connectivity index (χ1n) is 5.20. The van der Waals surface area contributed by atoms with Gasteiger partial charge in [0.25, 0.3) is 0 Å². The lowest BCUT2D eigenvalue weighted by Gasteiger charge is -2.07. The molecule has 0 unspecified atom stereocenters. The van der Waals surface area contributed by atoms with E-state index in [2.05, 4.69) is 5.32 Å². The summed E-state index contributed by atoms with van der Waals surface area (Å²) in [6, 6.07) is 4.94. The quantitative estimate of drug-likeness (QED) is 0.337. The molecule has 1 N–H and O–H groups in total. The standard InChI is InChI=1S/C11H14N2O4/c1-9-4-2-5-10(11(9)13(15)16)17-7-3-6-12-8-14/h2,4-5,8H,3,6-7H2,1H3,(H,12,14). The minimum atomic E-state index is -0.450. The van der Waals surface area contributed by atoms with E-state index in [0.29, 0.717) is 31.5 Å². The van der Waals surface area contributed by atoms with Crippen LogP contribution in [0.15, 0.2) is 18.2 Å². The number of nitro groups is 1. The molecule has 0 saturated carbocycles. The first kappa shape index (κ1) is 13.0. The lowest BCUT2D eigenvalue weighted by molar-refractivity contribution is -0.386. The monoisotopic (exact) mass is 238 g/mol. The Labute approximate surface area is 98.7 Å². The van der Waals surface area contributed by atoms with Crippen molar-refractivity contribution in [2.45, 2.75) is 13.3 Å². The van der Waals surface area contributed by atoms with E-state index in [0.717, 1.165) is 0 Å². The second-order valence-electron chi connectivity index (χ2n) is 3.45. The van der Waals surface area contributed by atoms with Crippen molar-refractivity contribution in [3.63, 3.8) is 0 Å². The van der Waals surface area contributed by atoms with E-state index in [1.807, 2.05) is 0 Å². The summed E-state index contributed by atoms with van der Waals surface area (Å²) in [4.78, 5) is 20.4. The maximum absolute atomic E-state index is 10.8. The molecule has 0 aromatic heterocycles. The van der Waals surface area contributed by atoms with Gasteiger partial charge in [0.2, 0.25) is 6.41 Å². The molecule has 1 amide bonds. The van der Waals surface area contributed by atoms with Gasteiger partial charge >= 0.3 is 5.69 Å². The predicted molar refractivity (Wildman–Crippen MR) is 62.0 cm³/mol. The van der Waals surface area contributed by atoms with Crippen LogP contribution < -0.4 is 10.1 Å². The number of hydrogen-bond donors (Lipinski definition) is 1. The highest BCUT2D eigenvalue weighted by Gasteiger charge is 2.17. The van der Waals surface area contributed by atoms with Gasteiger partial charge in [0.15, 0.2) is 5.75 Å². The first-order chi connectivity index (χ1) is 8.16. The summed E-state index contributed by atoms with van der Waals surface area (Å²) in [5, 5.41) is 13.3. The molecule has 1 rings (SSSR count). The van der Waals surface area contributed by atoms with Gasteiger partial charge < -0.3 is 10.1 Å². The van der Waals surface area contributed by atoms with Crippen LogP contribution in [0.2, 0.25) is 0 Å². The number of ether oxygens (including phenoxy) is 1. The van der Waals surface area contributed by atoms with Gasteiger partial charge in [0.1, 0.15) is 0 Å². The SMILES string of the molecule is Cc1cccc(OCCCNC=O)c1[N+](=O)[O-].